The summed E-state index contributed by atoms with van der Waals surface area (Å²) in [6.07, 6.45) is 10.5. The van der Waals surface area contributed by atoms with Gasteiger partial charge in [0.05, 0.1) is 43.2 Å². The van der Waals surface area contributed by atoms with Crippen molar-refractivity contribution >= 4 is 0 Å². The standard InChI is InChI=1S/C35H60O7/c1-32(2)27-13-15-34(5)26-10-8-24(21(19-36)7-12-29(39)33(3,4)40)25(26)9-11-28(34)35(27,6)16-14-30(32)42-31-18-22(38)17-23(20-37)41-31/h7,22-31,36-40H,8-20H2,1-6H3/b21-7+/t22-,23-,24?,25+,26?,27?,28?,29?,30-,31-,34-,35-/m0/s1. The Morgan fingerprint density at radius 1 is 0.952 bits per heavy atom. The topological polar surface area (TPSA) is 120 Å². The molecule has 0 spiro atoms. The number of hydrogen-bond acceptors (Lipinski definition) is 7. The molecular weight excluding hydrogens is 532 g/mol. The van der Waals surface area contributed by atoms with Crippen LogP contribution in [0.1, 0.15) is 112 Å². The summed E-state index contributed by atoms with van der Waals surface area (Å²) in [6.45, 7) is 13.2. The lowest BCUT2D eigenvalue weighted by atomic mass is 9.38. The van der Waals surface area contributed by atoms with Crippen molar-refractivity contribution in [3.05, 3.63) is 11.6 Å². The highest BCUT2D eigenvalue weighted by molar-refractivity contribution is 5.19. The zero-order valence-electron chi connectivity index (χ0n) is 27.1. The molecule has 0 aromatic heterocycles. The van der Waals surface area contributed by atoms with E-state index in [0.29, 0.717) is 48.9 Å². The third-order valence-electron chi connectivity index (χ3n) is 13.4. The molecule has 5 N–H and O–H groups in total. The number of aliphatic hydroxyl groups excluding tert-OH is 4. The lowest BCUT2D eigenvalue weighted by molar-refractivity contribution is -0.280. The van der Waals surface area contributed by atoms with Gasteiger partial charge >= 0.3 is 0 Å². The van der Waals surface area contributed by atoms with Gasteiger partial charge in [-0.15, -0.1) is 0 Å². The SMILES string of the molecule is CC(C)(O)C(O)C/C=C(\CO)C1CCC2[C@@H]1CCC1[C@@]2(C)CCC2C(C)(C)[C@@H](O[C@H]3C[C@@H](O)C[C@@H](CO)O3)CC[C@@]21C. The Hall–Kier alpha value is -0.540. The zero-order chi connectivity index (χ0) is 30.7. The lowest BCUT2D eigenvalue weighted by Gasteiger charge is -2.67. The van der Waals surface area contributed by atoms with E-state index in [1.165, 1.54) is 32.1 Å². The second kappa shape index (κ2) is 12.0. The number of hydrogen-bond donors (Lipinski definition) is 5. The maximum atomic E-state index is 10.4. The van der Waals surface area contributed by atoms with Crippen molar-refractivity contribution in [3.63, 3.8) is 0 Å². The highest BCUT2D eigenvalue weighted by atomic mass is 16.7. The molecule has 5 fully saturated rings. The van der Waals surface area contributed by atoms with Gasteiger partial charge in [-0.3, -0.25) is 0 Å². The summed E-state index contributed by atoms with van der Waals surface area (Å²) in [7, 11) is 0. The van der Waals surface area contributed by atoms with E-state index in [1.807, 2.05) is 6.08 Å². The van der Waals surface area contributed by atoms with Gasteiger partial charge in [0.2, 0.25) is 0 Å². The maximum Gasteiger partial charge on any atom is 0.160 e. The average Bonchev–Trinajstić information content (AvgIpc) is 3.35. The minimum Gasteiger partial charge on any atom is -0.394 e. The van der Waals surface area contributed by atoms with Gasteiger partial charge in [-0.25, -0.2) is 0 Å². The lowest BCUT2D eigenvalue weighted by Crippen LogP contribution is -2.62. The molecule has 5 unspecified atom stereocenters. The molecule has 0 bridgehead atoms. The fourth-order valence-electron chi connectivity index (χ4n) is 11.2. The van der Waals surface area contributed by atoms with Gasteiger partial charge in [0.25, 0.3) is 0 Å². The molecular formula is C35H60O7. The fraction of sp³-hybridized carbons (Fsp3) is 0.943. The Morgan fingerprint density at radius 2 is 1.67 bits per heavy atom. The normalized spacial score (nSPS) is 46.5. The summed E-state index contributed by atoms with van der Waals surface area (Å²) in [6, 6.07) is 0. The van der Waals surface area contributed by atoms with E-state index in [-0.39, 0.29) is 41.7 Å². The van der Waals surface area contributed by atoms with Gasteiger partial charge in [0.1, 0.15) is 0 Å². The molecule has 4 aliphatic carbocycles. The smallest absolute Gasteiger partial charge is 0.160 e. The molecule has 0 radical (unpaired) electrons. The molecule has 0 aromatic carbocycles. The van der Waals surface area contributed by atoms with Crippen molar-refractivity contribution < 1.29 is 35.0 Å². The number of ether oxygens (including phenoxy) is 2. The monoisotopic (exact) mass is 592 g/mol. The number of fused-ring (bicyclic) bond motifs is 5. The highest BCUT2D eigenvalue weighted by Crippen LogP contribution is 2.71. The molecule has 1 heterocycles. The van der Waals surface area contributed by atoms with E-state index in [2.05, 4.69) is 27.7 Å². The molecule has 12 atom stereocenters. The molecule has 1 aliphatic heterocycles. The van der Waals surface area contributed by atoms with Gasteiger partial charge in [0, 0.05) is 12.8 Å². The third kappa shape index (κ3) is 5.78. The minimum absolute atomic E-state index is 0.0159. The Labute approximate surface area is 254 Å². The molecule has 5 aliphatic rings. The Bertz CT molecular complexity index is 973. The largest absolute Gasteiger partial charge is 0.394 e. The first kappa shape index (κ1) is 32.8. The van der Waals surface area contributed by atoms with Crippen molar-refractivity contribution in [1.29, 1.82) is 0 Å². The first-order valence-electron chi connectivity index (χ1n) is 16.9. The van der Waals surface area contributed by atoms with Gasteiger partial charge < -0.3 is 35.0 Å². The second-order valence-corrected chi connectivity index (χ2v) is 16.5. The second-order valence-electron chi connectivity index (χ2n) is 16.5. The minimum atomic E-state index is -1.15. The van der Waals surface area contributed by atoms with Gasteiger partial charge in [-0.2, -0.15) is 0 Å². The Balaban J connectivity index is 1.30. The van der Waals surface area contributed by atoms with Crippen LogP contribution in [0, 0.1) is 45.8 Å². The first-order chi connectivity index (χ1) is 19.6. The average molecular weight is 593 g/mol. The van der Waals surface area contributed by atoms with Crippen LogP contribution in [0.5, 0.6) is 0 Å². The van der Waals surface area contributed by atoms with E-state index in [9.17, 15) is 25.5 Å². The number of aliphatic hydroxyl groups is 5. The van der Waals surface area contributed by atoms with Crippen molar-refractivity contribution in [1.82, 2.24) is 0 Å². The summed E-state index contributed by atoms with van der Waals surface area (Å²) in [4.78, 5) is 0. The highest BCUT2D eigenvalue weighted by Gasteiger charge is 2.65. The van der Waals surface area contributed by atoms with Crippen LogP contribution in [0.3, 0.4) is 0 Å². The van der Waals surface area contributed by atoms with Crippen LogP contribution in [-0.4, -0.2) is 75.1 Å². The molecule has 1 saturated heterocycles. The quantitative estimate of drug-likeness (QED) is 0.200. The van der Waals surface area contributed by atoms with Crippen LogP contribution in [0.25, 0.3) is 0 Å². The first-order valence-corrected chi connectivity index (χ1v) is 16.9. The van der Waals surface area contributed by atoms with E-state index < -0.39 is 24.1 Å². The molecule has 4 saturated carbocycles. The summed E-state index contributed by atoms with van der Waals surface area (Å²) >= 11 is 0. The predicted octanol–water partition coefficient (Wildman–Crippen LogP) is 4.97. The molecule has 42 heavy (non-hydrogen) atoms. The van der Waals surface area contributed by atoms with Crippen LogP contribution in [0.15, 0.2) is 11.6 Å². The van der Waals surface area contributed by atoms with E-state index >= 15 is 0 Å². The molecule has 7 heteroatoms. The molecule has 7 nitrogen and oxygen atoms in total. The van der Waals surface area contributed by atoms with Crippen molar-refractivity contribution in [2.75, 3.05) is 13.2 Å². The van der Waals surface area contributed by atoms with Crippen LogP contribution < -0.4 is 0 Å². The molecule has 5 rings (SSSR count). The van der Waals surface area contributed by atoms with Gasteiger partial charge in [0.15, 0.2) is 6.29 Å². The van der Waals surface area contributed by atoms with Crippen LogP contribution in [0.2, 0.25) is 0 Å². The van der Waals surface area contributed by atoms with Crippen LogP contribution >= 0.6 is 0 Å². The summed E-state index contributed by atoms with van der Waals surface area (Å²) < 4.78 is 12.6. The van der Waals surface area contributed by atoms with E-state index in [4.69, 9.17) is 9.47 Å². The molecule has 242 valence electrons. The van der Waals surface area contributed by atoms with Crippen LogP contribution in [-0.2, 0) is 9.47 Å². The predicted molar refractivity (Wildman–Crippen MR) is 162 cm³/mol. The summed E-state index contributed by atoms with van der Waals surface area (Å²) in [5.74, 6) is 2.80. The Kier molecular flexibility index (Phi) is 9.38. The zero-order valence-corrected chi connectivity index (χ0v) is 27.1. The third-order valence-corrected chi connectivity index (χ3v) is 13.4. The van der Waals surface area contributed by atoms with E-state index in [0.717, 1.165) is 24.8 Å². The van der Waals surface area contributed by atoms with Gasteiger partial charge in [-0.1, -0.05) is 33.8 Å². The van der Waals surface area contributed by atoms with Crippen molar-refractivity contribution in [3.8, 4) is 0 Å². The fourth-order valence-corrected chi connectivity index (χ4v) is 11.2. The summed E-state index contributed by atoms with van der Waals surface area (Å²) in [5.41, 5.74) is 0.416. The summed E-state index contributed by atoms with van der Waals surface area (Å²) in [5, 5.41) is 51.0. The van der Waals surface area contributed by atoms with E-state index in [1.54, 1.807) is 13.8 Å². The van der Waals surface area contributed by atoms with Gasteiger partial charge in [-0.05, 0) is 123 Å². The van der Waals surface area contributed by atoms with Crippen molar-refractivity contribution in [2.45, 2.75) is 148 Å². The van der Waals surface area contributed by atoms with Crippen molar-refractivity contribution in [2.24, 2.45) is 45.8 Å². The Morgan fingerprint density at radius 3 is 2.33 bits per heavy atom. The maximum absolute atomic E-state index is 10.4. The van der Waals surface area contributed by atoms with Crippen LogP contribution in [0.4, 0.5) is 0 Å². The molecule has 0 amide bonds. The number of rotatable bonds is 8. The molecule has 0 aromatic rings.